The van der Waals surface area contributed by atoms with Gasteiger partial charge in [-0.3, -0.25) is 9.59 Å². The summed E-state index contributed by atoms with van der Waals surface area (Å²) < 4.78 is 56.4. The van der Waals surface area contributed by atoms with E-state index in [0.29, 0.717) is 54.1 Å². The van der Waals surface area contributed by atoms with E-state index in [1.54, 1.807) is 34.8 Å². The molecule has 2 aliphatic carbocycles. The van der Waals surface area contributed by atoms with Crippen LogP contribution in [0, 0.1) is 17.7 Å². The van der Waals surface area contributed by atoms with Gasteiger partial charge in [-0.2, -0.15) is 0 Å². The number of pyridine rings is 1. The van der Waals surface area contributed by atoms with Crippen molar-refractivity contribution in [2.75, 3.05) is 20.2 Å². The summed E-state index contributed by atoms with van der Waals surface area (Å²) in [5, 5.41) is 3.70. The van der Waals surface area contributed by atoms with E-state index >= 15 is 13.2 Å². The number of hydrogen-bond acceptors (Lipinski definition) is 6. The van der Waals surface area contributed by atoms with Crippen LogP contribution in [0.15, 0.2) is 30.3 Å². The number of nitrogens with zero attached hydrogens (tertiary/aromatic N) is 5. The van der Waals surface area contributed by atoms with E-state index in [4.69, 9.17) is 20.4 Å². The molecular weight excluding hydrogens is 623 g/mol. The van der Waals surface area contributed by atoms with E-state index in [2.05, 4.69) is 5.32 Å². The molecule has 5 atom stereocenters. The van der Waals surface area contributed by atoms with E-state index in [1.807, 2.05) is 13.0 Å². The van der Waals surface area contributed by atoms with Crippen LogP contribution in [0.5, 0.6) is 0 Å². The number of carbonyl (C=O) groups excluding carboxylic acids is 2. The summed E-state index contributed by atoms with van der Waals surface area (Å²) >= 11 is 0. The average Bonchev–Trinajstić information content (AvgIpc) is 3.98. The van der Waals surface area contributed by atoms with Crippen LogP contribution in [0.4, 0.5) is 13.2 Å². The number of benzene rings is 1. The van der Waals surface area contributed by atoms with Crippen molar-refractivity contribution >= 4 is 33.9 Å². The van der Waals surface area contributed by atoms with Gasteiger partial charge in [0.2, 0.25) is 5.91 Å². The molecule has 4 aliphatic rings. The van der Waals surface area contributed by atoms with E-state index in [-0.39, 0.29) is 71.4 Å². The van der Waals surface area contributed by atoms with Gasteiger partial charge in [0.1, 0.15) is 17.0 Å². The van der Waals surface area contributed by atoms with Crippen LogP contribution < -0.4 is 11.1 Å². The second-order valence-corrected chi connectivity index (χ2v) is 14.2. The van der Waals surface area contributed by atoms with Gasteiger partial charge >= 0.3 is 0 Å². The summed E-state index contributed by atoms with van der Waals surface area (Å²) in [5.41, 5.74) is 8.24. The molecule has 2 aliphatic heterocycles. The van der Waals surface area contributed by atoms with Gasteiger partial charge in [0, 0.05) is 55.6 Å². The number of fused-ring (bicyclic) bond motifs is 3. The number of hydrogen-bond donors (Lipinski definition) is 2. The SMILES string of the molecule is CO[C@@H]1CCN(C(=O)c2cc(F)c3c(c2)nc(-c2cc4ccc5nc4n2CC(F)(F)CCC[C@@H]2C[C@H]2C(=O)N[C@@H]5C)n3C2CC2)C[C@@H]1N. The Kier molecular flexibility index (Phi) is 7.55. The molecule has 0 radical (unpaired) electrons. The molecule has 3 aromatic heterocycles. The zero-order chi connectivity index (χ0) is 33.5. The van der Waals surface area contributed by atoms with Crippen molar-refractivity contribution in [2.24, 2.45) is 17.6 Å². The quantitative estimate of drug-likeness (QED) is 0.304. The maximum Gasteiger partial charge on any atom is 0.265 e. The maximum absolute atomic E-state index is 16.1. The first-order chi connectivity index (χ1) is 23.0. The van der Waals surface area contributed by atoms with Crippen molar-refractivity contribution in [2.45, 2.75) is 88.6 Å². The van der Waals surface area contributed by atoms with Crippen molar-refractivity contribution in [3.8, 4) is 11.5 Å². The fourth-order valence-corrected chi connectivity index (χ4v) is 7.74. The predicted octanol–water partition coefficient (Wildman–Crippen LogP) is 5.35. The third-order valence-corrected chi connectivity index (χ3v) is 10.6. The summed E-state index contributed by atoms with van der Waals surface area (Å²) in [7, 11) is 1.59. The zero-order valence-corrected chi connectivity index (χ0v) is 27.1. The zero-order valence-electron chi connectivity index (χ0n) is 27.1. The summed E-state index contributed by atoms with van der Waals surface area (Å²) in [6.45, 7) is 1.94. The lowest BCUT2D eigenvalue weighted by Crippen LogP contribution is -2.53. The molecule has 5 heterocycles. The number of amides is 2. The Morgan fingerprint density at radius 1 is 1.12 bits per heavy atom. The molecule has 48 heavy (non-hydrogen) atoms. The minimum absolute atomic E-state index is 0.0535. The topological polar surface area (TPSA) is 120 Å². The van der Waals surface area contributed by atoms with Gasteiger partial charge in [0.15, 0.2) is 5.82 Å². The first-order valence-corrected chi connectivity index (χ1v) is 17.0. The number of halogens is 3. The lowest BCUT2D eigenvalue weighted by atomic mass is 10.0. The monoisotopic (exact) mass is 663 g/mol. The van der Waals surface area contributed by atoms with Gasteiger partial charge in [-0.15, -0.1) is 0 Å². The molecule has 2 bridgehead atoms. The van der Waals surface area contributed by atoms with Crippen molar-refractivity contribution in [3.63, 3.8) is 0 Å². The summed E-state index contributed by atoms with van der Waals surface area (Å²) in [4.78, 5) is 37.7. The van der Waals surface area contributed by atoms with Crippen LogP contribution in [-0.4, -0.2) is 74.1 Å². The van der Waals surface area contributed by atoms with E-state index < -0.39 is 24.3 Å². The van der Waals surface area contributed by atoms with E-state index in [1.165, 1.54) is 10.6 Å². The fourth-order valence-electron chi connectivity index (χ4n) is 7.74. The highest BCUT2D eigenvalue weighted by Gasteiger charge is 2.44. The fraction of sp³-hybridized carbons (Fsp3) is 0.543. The standard InChI is InChI=1S/C35H40F3N7O3/c1-18-26-8-5-20-15-28(44(31(20)41-26)17-35(37,38)10-3-4-19-12-23(19)33(46)40-18)32-42-27-14-21(13-24(36)30(27)45(32)22-6-7-22)34(47)43-11-9-29(48-2)25(39)16-43/h5,8,13-15,18-19,22-23,25,29H,3-4,6-7,9-12,16-17,39H2,1-2H3,(H,40,46)/t18-,19-,23-,25+,29-/m1/s1. The van der Waals surface area contributed by atoms with Crippen LogP contribution in [0.2, 0.25) is 0 Å². The highest BCUT2D eigenvalue weighted by molar-refractivity contribution is 5.98. The second kappa shape index (κ2) is 11.6. The summed E-state index contributed by atoms with van der Waals surface area (Å²) in [5.74, 6) is -3.70. The van der Waals surface area contributed by atoms with Gasteiger partial charge in [0.25, 0.3) is 11.8 Å². The number of ether oxygens (including phenoxy) is 1. The van der Waals surface area contributed by atoms with Crippen LogP contribution in [-0.2, 0) is 16.1 Å². The third kappa shape index (κ3) is 5.54. The number of imidazole rings is 1. The Labute approximate surface area is 275 Å². The number of piperidine rings is 1. The molecule has 2 saturated carbocycles. The van der Waals surface area contributed by atoms with Crippen LogP contribution in [0.3, 0.4) is 0 Å². The van der Waals surface area contributed by atoms with Gasteiger partial charge in [0.05, 0.1) is 35.6 Å². The average molecular weight is 664 g/mol. The van der Waals surface area contributed by atoms with Gasteiger partial charge in [-0.1, -0.05) is 0 Å². The van der Waals surface area contributed by atoms with E-state index in [9.17, 15) is 9.59 Å². The first kappa shape index (κ1) is 31.3. The molecule has 4 aromatic rings. The Balaban J connectivity index is 1.23. The number of alkyl halides is 2. The number of nitrogens with one attached hydrogen (secondary N) is 1. The summed E-state index contributed by atoms with van der Waals surface area (Å²) in [6, 6.07) is 7.42. The molecule has 1 aromatic carbocycles. The molecule has 1 saturated heterocycles. The summed E-state index contributed by atoms with van der Waals surface area (Å²) in [6.07, 6.45) is 3.30. The Morgan fingerprint density at radius 3 is 2.69 bits per heavy atom. The van der Waals surface area contributed by atoms with Crippen LogP contribution >= 0.6 is 0 Å². The minimum atomic E-state index is -3.06. The third-order valence-electron chi connectivity index (χ3n) is 10.6. The normalized spacial score (nSPS) is 27.6. The minimum Gasteiger partial charge on any atom is -0.380 e. The van der Waals surface area contributed by atoms with Gasteiger partial charge < -0.3 is 29.8 Å². The van der Waals surface area contributed by atoms with Crippen LogP contribution in [0.25, 0.3) is 33.6 Å². The van der Waals surface area contributed by atoms with Crippen LogP contribution in [0.1, 0.15) is 80.0 Å². The van der Waals surface area contributed by atoms with Gasteiger partial charge in [-0.25, -0.2) is 23.1 Å². The highest BCUT2D eigenvalue weighted by Crippen LogP contribution is 2.45. The van der Waals surface area contributed by atoms with Crippen molar-refractivity contribution in [3.05, 3.63) is 47.4 Å². The molecule has 13 heteroatoms. The predicted molar refractivity (Wildman–Crippen MR) is 173 cm³/mol. The lowest BCUT2D eigenvalue weighted by molar-refractivity contribution is -0.123. The molecule has 10 nitrogen and oxygen atoms in total. The highest BCUT2D eigenvalue weighted by atomic mass is 19.3. The Hall–Kier alpha value is -3.97. The molecule has 3 N–H and O–H groups in total. The van der Waals surface area contributed by atoms with Crippen molar-refractivity contribution in [1.29, 1.82) is 0 Å². The largest absolute Gasteiger partial charge is 0.380 e. The molecule has 2 amide bonds. The second-order valence-electron chi connectivity index (χ2n) is 14.2. The number of carbonyl (C=O) groups is 2. The number of methoxy groups -OCH3 is 1. The Morgan fingerprint density at radius 2 is 1.94 bits per heavy atom. The van der Waals surface area contributed by atoms with Crippen molar-refractivity contribution < 1.29 is 27.5 Å². The number of rotatable bonds is 4. The number of likely N-dealkylation sites (tertiary alicyclic amines) is 1. The number of nitrogens with two attached hydrogens (primary N) is 1. The van der Waals surface area contributed by atoms with E-state index in [0.717, 1.165) is 19.3 Å². The van der Waals surface area contributed by atoms with Crippen molar-refractivity contribution in [1.82, 2.24) is 29.3 Å². The molecular formula is C35H40F3N7O3. The lowest BCUT2D eigenvalue weighted by Gasteiger charge is -2.35. The smallest absolute Gasteiger partial charge is 0.265 e. The maximum atomic E-state index is 16.1. The Bertz CT molecular complexity index is 1940. The molecule has 0 spiro atoms. The number of aromatic nitrogens is 4. The molecule has 8 rings (SSSR count). The molecule has 3 fully saturated rings. The first-order valence-electron chi connectivity index (χ1n) is 17.0. The van der Waals surface area contributed by atoms with Gasteiger partial charge in [-0.05, 0) is 81.7 Å². The molecule has 0 unspecified atom stereocenters. The molecule has 254 valence electrons.